The lowest BCUT2D eigenvalue weighted by molar-refractivity contribution is 0.129. The van der Waals surface area contributed by atoms with Gasteiger partial charge in [-0.1, -0.05) is 32.8 Å². The minimum Gasteiger partial charge on any atom is -0.0906 e. The monoisotopic (exact) mass is 195 g/mol. The summed E-state index contributed by atoms with van der Waals surface area (Å²) in [5, 5.41) is 3.74. The first-order valence-corrected chi connectivity index (χ1v) is 5.50. The highest BCUT2D eigenvalue weighted by Crippen LogP contribution is 2.42. The Kier molecular flexibility index (Phi) is 3.43. The molecule has 0 amide bonds. The Bertz CT molecular complexity index is 233. The highest BCUT2D eigenvalue weighted by atomic mass is 15.2. The van der Waals surface area contributed by atoms with E-state index in [9.17, 15) is 0 Å². The first-order valence-electron chi connectivity index (χ1n) is 5.50. The lowest BCUT2D eigenvalue weighted by Gasteiger charge is -2.40. The Morgan fingerprint density at radius 3 is 2.43 bits per heavy atom. The maximum Gasteiger partial charge on any atom is 0.0379 e. The minimum absolute atomic E-state index is 0.285. The summed E-state index contributed by atoms with van der Waals surface area (Å²) in [5.74, 6) is 1.50. The summed E-state index contributed by atoms with van der Waals surface area (Å²) in [6, 6.07) is 0.285. The zero-order valence-electron chi connectivity index (χ0n) is 9.70. The topological polar surface area (TPSA) is 48.8 Å². The fourth-order valence-electron chi connectivity index (χ4n) is 2.01. The van der Waals surface area contributed by atoms with E-state index in [0.717, 1.165) is 24.7 Å². The van der Waals surface area contributed by atoms with Gasteiger partial charge in [-0.25, -0.2) is 0 Å². The first kappa shape index (κ1) is 11.4. The number of hydrogen-bond acceptors (Lipinski definition) is 1. The second kappa shape index (κ2) is 4.22. The standard InChI is InChI=1S/C11H21N3/c1-8(2)11(3,4)7-9-5-10(6-9)13-14-12/h8-10H,5-7H2,1-4H3/t9-,10+. The van der Waals surface area contributed by atoms with Crippen molar-refractivity contribution >= 4 is 0 Å². The molecule has 1 saturated carbocycles. The molecule has 0 spiro atoms. The highest BCUT2D eigenvalue weighted by Gasteiger charge is 2.34. The zero-order valence-corrected chi connectivity index (χ0v) is 9.70. The van der Waals surface area contributed by atoms with Crippen molar-refractivity contribution < 1.29 is 0 Å². The van der Waals surface area contributed by atoms with Gasteiger partial charge in [-0.05, 0) is 42.0 Å². The van der Waals surface area contributed by atoms with Crippen LogP contribution in [0.2, 0.25) is 0 Å². The van der Waals surface area contributed by atoms with Gasteiger partial charge in [0.2, 0.25) is 0 Å². The van der Waals surface area contributed by atoms with Gasteiger partial charge < -0.3 is 0 Å². The van der Waals surface area contributed by atoms with Crippen LogP contribution in [-0.4, -0.2) is 6.04 Å². The van der Waals surface area contributed by atoms with Gasteiger partial charge in [-0.15, -0.1) is 0 Å². The van der Waals surface area contributed by atoms with Gasteiger partial charge in [0, 0.05) is 11.0 Å². The third kappa shape index (κ3) is 2.65. The van der Waals surface area contributed by atoms with Crippen LogP contribution < -0.4 is 0 Å². The lowest BCUT2D eigenvalue weighted by Crippen LogP contribution is -2.32. The first-order chi connectivity index (χ1) is 6.45. The summed E-state index contributed by atoms with van der Waals surface area (Å²) in [6.45, 7) is 9.23. The molecule has 0 unspecified atom stereocenters. The van der Waals surface area contributed by atoms with E-state index in [4.69, 9.17) is 5.53 Å². The quantitative estimate of drug-likeness (QED) is 0.367. The molecule has 0 radical (unpaired) electrons. The highest BCUT2D eigenvalue weighted by molar-refractivity contribution is 4.89. The van der Waals surface area contributed by atoms with E-state index in [2.05, 4.69) is 37.7 Å². The second-order valence-electron chi connectivity index (χ2n) is 5.54. The summed E-state index contributed by atoms with van der Waals surface area (Å²) in [5.41, 5.74) is 8.69. The number of rotatable bonds is 4. The second-order valence-corrected chi connectivity index (χ2v) is 5.54. The van der Waals surface area contributed by atoms with Crippen LogP contribution in [0.1, 0.15) is 47.0 Å². The Hall–Kier alpha value is -0.690. The van der Waals surface area contributed by atoms with E-state index in [1.165, 1.54) is 6.42 Å². The molecule has 1 aliphatic carbocycles. The van der Waals surface area contributed by atoms with Crippen molar-refractivity contribution in [1.29, 1.82) is 0 Å². The van der Waals surface area contributed by atoms with Crippen LogP contribution in [0.5, 0.6) is 0 Å². The average molecular weight is 195 g/mol. The number of hydrogen-bond donors (Lipinski definition) is 0. The van der Waals surface area contributed by atoms with Crippen LogP contribution in [0, 0.1) is 17.3 Å². The molecule has 1 aliphatic rings. The smallest absolute Gasteiger partial charge is 0.0379 e. The fourth-order valence-corrected chi connectivity index (χ4v) is 2.01. The third-order valence-corrected chi connectivity index (χ3v) is 3.80. The minimum atomic E-state index is 0.285. The molecule has 0 atom stereocenters. The molecule has 3 nitrogen and oxygen atoms in total. The van der Waals surface area contributed by atoms with Crippen LogP contribution in [0.3, 0.4) is 0 Å². The zero-order chi connectivity index (χ0) is 10.8. The fraction of sp³-hybridized carbons (Fsp3) is 1.00. The molecule has 3 heteroatoms. The van der Waals surface area contributed by atoms with Crippen LogP contribution in [-0.2, 0) is 0 Å². The molecule has 0 bridgehead atoms. The summed E-state index contributed by atoms with van der Waals surface area (Å²) in [4.78, 5) is 2.85. The van der Waals surface area contributed by atoms with Gasteiger partial charge in [0.15, 0.2) is 0 Å². The van der Waals surface area contributed by atoms with Crippen molar-refractivity contribution in [2.24, 2.45) is 22.4 Å². The normalized spacial score (nSPS) is 26.9. The Morgan fingerprint density at radius 1 is 1.43 bits per heavy atom. The summed E-state index contributed by atoms with van der Waals surface area (Å²) in [7, 11) is 0. The molecule has 0 aromatic heterocycles. The van der Waals surface area contributed by atoms with Crippen LogP contribution >= 0.6 is 0 Å². The van der Waals surface area contributed by atoms with Gasteiger partial charge in [-0.3, -0.25) is 0 Å². The maximum atomic E-state index is 8.27. The summed E-state index contributed by atoms with van der Waals surface area (Å²) >= 11 is 0. The van der Waals surface area contributed by atoms with E-state index in [1.54, 1.807) is 0 Å². The van der Waals surface area contributed by atoms with Crippen molar-refractivity contribution in [2.45, 2.75) is 53.0 Å². The molecule has 1 fully saturated rings. The molecule has 14 heavy (non-hydrogen) atoms. The molecule has 0 heterocycles. The summed E-state index contributed by atoms with van der Waals surface area (Å²) < 4.78 is 0. The maximum absolute atomic E-state index is 8.27. The molecule has 0 aliphatic heterocycles. The van der Waals surface area contributed by atoms with Gasteiger partial charge >= 0.3 is 0 Å². The van der Waals surface area contributed by atoms with Gasteiger partial charge in [0.05, 0.1) is 0 Å². The van der Waals surface area contributed by atoms with Crippen LogP contribution in [0.25, 0.3) is 10.4 Å². The molecular weight excluding hydrogens is 174 g/mol. The Balaban J connectivity index is 2.32. The Morgan fingerprint density at radius 2 is 2.00 bits per heavy atom. The average Bonchev–Trinajstić information content (AvgIpc) is 2.00. The van der Waals surface area contributed by atoms with Crippen molar-refractivity contribution in [1.82, 2.24) is 0 Å². The van der Waals surface area contributed by atoms with Gasteiger partial charge in [-0.2, -0.15) is 0 Å². The number of nitrogens with zero attached hydrogens (tertiary/aromatic N) is 3. The van der Waals surface area contributed by atoms with Crippen molar-refractivity contribution in [3.63, 3.8) is 0 Å². The van der Waals surface area contributed by atoms with Crippen molar-refractivity contribution in [3.8, 4) is 0 Å². The van der Waals surface area contributed by atoms with Gasteiger partial charge in [0.1, 0.15) is 0 Å². The van der Waals surface area contributed by atoms with Crippen LogP contribution in [0.15, 0.2) is 5.11 Å². The summed E-state index contributed by atoms with van der Waals surface area (Å²) in [6.07, 6.45) is 3.46. The molecule has 0 aromatic rings. The van der Waals surface area contributed by atoms with Gasteiger partial charge in [0.25, 0.3) is 0 Å². The Labute approximate surface area is 86.5 Å². The van der Waals surface area contributed by atoms with Crippen molar-refractivity contribution in [2.75, 3.05) is 0 Å². The van der Waals surface area contributed by atoms with Crippen molar-refractivity contribution in [3.05, 3.63) is 10.4 Å². The molecular formula is C11H21N3. The third-order valence-electron chi connectivity index (χ3n) is 3.80. The van der Waals surface area contributed by atoms with E-state index in [-0.39, 0.29) is 6.04 Å². The molecule has 0 N–H and O–H groups in total. The number of azide groups is 1. The van der Waals surface area contributed by atoms with E-state index in [1.807, 2.05) is 0 Å². The van der Waals surface area contributed by atoms with Crippen LogP contribution in [0.4, 0.5) is 0 Å². The largest absolute Gasteiger partial charge is 0.0906 e. The van der Waals surface area contributed by atoms with E-state index < -0.39 is 0 Å². The molecule has 1 rings (SSSR count). The SMILES string of the molecule is CC(C)C(C)(C)C[C@H]1C[C@@H](N=[N+]=[N-])C1. The molecule has 0 saturated heterocycles. The van der Waals surface area contributed by atoms with E-state index in [0.29, 0.717) is 5.41 Å². The molecule has 0 aromatic carbocycles. The predicted molar refractivity (Wildman–Crippen MR) is 58.9 cm³/mol. The van der Waals surface area contributed by atoms with E-state index >= 15 is 0 Å². The predicted octanol–water partition coefficient (Wildman–Crippen LogP) is 4.15. The lowest BCUT2D eigenvalue weighted by atomic mass is 9.67. The molecule has 80 valence electrons.